The van der Waals surface area contributed by atoms with Crippen molar-refractivity contribution < 1.29 is 14.4 Å². The SMILES string of the molecule is CCCOc1ccc(CNc2ncnc3cc(Cl)c([N+](=O)[O-])cc23)cc1OC. The highest BCUT2D eigenvalue weighted by Crippen LogP contribution is 2.32. The van der Waals surface area contributed by atoms with Crippen LogP contribution < -0.4 is 14.8 Å². The van der Waals surface area contributed by atoms with Crippen LogP contribution >= 0.6 is 11.6 Å². The predicted molar refractivity (Wildman–Crippen MR) is 107 cm³/mol. The zero-order chi connectivity index (χ0) is 20.1. The maximum absolute atomic E-state index is 11.2. The Kier molecular flexibility index (Phi) is 6.10. The summed E-state index contributed by atoms with van der Waals surface area (Å²) in [4.78, 5) is 19.0. The monoisotopic (exact) mass is 402 g/mol. The van der Waals surface area contributed by atoms with Gasteiger partial charge in [-0.05, 0) is 30.2 Å². The quantitative estimate of drug-likeness (QED) is 0.434. The molecule has 0 saturated heterocycles. The average molecular weight is 403 g/mol. The highest BCUT2D eigenvalue weighted by molar-refractivity contribution is 6.33. The van der Waals surface area contributed by atoms with E-state index in [0.717, 1.165) is 12.0 Å². The molecule has 0 bridgehead atoms. The van der Waals surface area contributed by atoms with E-state index in [1.807, 2.05) is 25.1 Å². The number of nitrogens with zero attached hydrogens (tertiary/aromatic N) is 3. The lowest BCUT2D eigenvalue weighted by Crippen LogP contribution is -2.04. The minimum absolute atomic E-state index is 0.0366. The molecule has 1 heterocycles. The molecule has 0 fully saturated rings. The summed E-state index contributed by atoms with van der Waals surface area (Å²) in [5, 5.41) is 14.9. The standard InChI is InChI=1S/C19H19ClN4O4/c1-3-6-28-17-5-4-12(7-18(17)27-2)10-21-19-13-8-16(24(25)26)14(20)9-15(13)22-11-23-19/h4-5,7-9,11H,3,6,10H2,1-2H3,(H,21,22,23). The predicted octanol–water partition coefficient (Wildman–Crippen LogP) is 4.60. The van der Waals surface area contributed by atoms with Crippen LogP contribution in [0.15, 0.2) is 36.7 Å². The Morgan fingerprint density at radius 1 is 1.21 bits per heavy atom. The van der Waals surface area contributed by atoms with Gasteiger partial charge in [0, 0.05) is 18.0 Å². The number of ether oxygens (including phenoxy) is 2. The lowest BCUT2D eigenvalue weighted by Gasteiger charge is -2.13. The van der Waals surface area contributed by atoms with Crippen LogP contribution in [-0.2, 0) is 6.54 Å². The number of nitrogens with one attached hydrogen (secondary N) is 1. The minimum atomic E-state index is -0.529. The van der Waals surface area contributed by atoms with Gasteiger partial charge < -0.3 is 14.8 Å². The van der Waals surface area contributed by atoms with E-state index in [2.05, 4.69) is 15.3 Å². The number of aromatic nitrogens is 2. The molecular weight excluding hydrogens is 384 g/mol. The van der Waals surface area contributed by atoms with Crippen LogP contribution in [0.5, 0.6) is 11.5 Å². The summed E-state index contributed by atoms with van der Waals surface area (Å²) in [5.41, 5.74) is 1.27. The van der Waals surface area contributed by atoms with Crippen LogP contribution in [0.4, 0.5) is 11.5 Å². The normalized spacial score (nSPS) is 10.7. The highest BCUT2D eigenvalue weighted by atomic mass is 35.5. The van der Waals surface area contributed by atoms with Crippen molar-refractivity contribution in [2.75, 3.05) is 19.0 Å². The number of hydrogen-bond donors (Lipinski definition) is 1. The molecule has 0 unspecified atom stereocenters. The first kappa shape index (κ1) is 19.6. The molecular formula is C19H19ClN4O4. The zero-order valence-electron chi connectivity index (χ0n) is 15.4. The van der Waals surface area contributed by atoms with Crippen molar-refractivity contribution in [2.24, 2.45) is 0 Å². The van der Waals surface area contributed by atoms with Gasteiger partial charge in [0.15, 0.2) is 11.5 Å². The summed E-state index contributed by atoms with van der Waals surface area (Å²) in [6.07, 6.45) is 2.29. The third-order valence-electron chi connectivity index (χ3n) is 4.05. The lowest BCUT2D eigenvalue weighted by atomic mass is 10.2. The molecule has 8 nitrogen and oxygen atoms in total. The van der Waals surface area contributed by atoms with E-state index in [0.29, 0.717) is 41.4 Å². The van der Waals surface area contributed by atoms with Crippen molar-refractivity contribution in [3.05, 3.63) is 57.4 Å². The summed E-state index contributed by atoms with van der Waals surface area (Å²) >= 11 is 5.96. The van der Waals surface area contributed by atoms with E-state index in [-0.39, 0.29) is 10.7 Å². The van der Waals surface area contributed by atoms with Crippen molar-refractivity contribution in [2.45, 2.75) is 19.9 Å². The van der Waals surface area contributed by atoms with Gasteiger partial charge in [-0.1, -0.05) is 24.6 Å². The second kappa shape index (κ2) is 8.71. The molecule has 1 aromatic heterocycles. The Hall–Kier alpha value is -3.13. The van der Waals surface area contributed by atoms with Crippen molar-refractivity contribution in [3.63, 3.8) is 0 Å². The highest BCUT2D eigenvalue weighted by Gasteiger charge is 2.16. The zero-order valence-corrected chi connectivity index (χ0v) is 16.2. The van der Waals surface area contributed by atoms with E-state index < -0.39 is 4.92 Å². The molecule has 0 aliphatic carbocycles. The molecule has 0 aliphatic heterocycles. The molecule has 3 rings (SSSR count). The van der Waals surface area contributed by atoms with Gasteiger partial charge in [0.2, 0.25) is 0 Å². The van der Waals surface area contributed by atoms with Gasteiger partial charge in [-0.3, -0.25) is 10.1 Å². The molecule has 0 aliphatic rings. The average Bonchev–Trinajstić information content (AvgIpc) is 2.70. The smallest absolute Gasteiger partial charge is 0.288 e. The van der Waals surface area contributed by atoms with Crippen LogP contribution in [0.3, 0.4) is 0 Å². The molecule has 28 heavy (non-hydrogen) atoms. The van der Waals surface area contributed by atoms with E-state index in [9.17, 15) is 10.1 Å². The van der Waals surface area contributed by atoms with Crippen molar-refractivity contribution >= 4 is 34.0 Å². The number of nitro groups is 1. The van der Waals surface area contributed by atoms with Gasteiger partial charge in [0.25, 0.3) is 5.69 Å². The Morgan fingerprint density at radius 3 is 2.75 bits per heavy atom. The molecule has 9 heteroatoms. The maximum Gasteiger partial charge on any atom is 0.288 e. The molecule has 0 amide bonds. The van der Waals surface area contributed by atoms with Gasteiger partial charge in [-0.2, -0.15) is 0 Å². The second-order valence-corrected chi connectivity index (χ2v) is 6.39. The third kappa shape index (κ3) is 4.23. The van der Waals surface area contributed by atoms with E-state index >= 15 is 0 Å². The fourth-order valence-corrected chi connectivity index (χ4v) is 2.91. The summed E-state index contributed by atoms with van der Waals surface area (Å²) in [5.74, 6) is 1.81. The molecule has 0 spiro atoms. The number of nitro benzene ring substituents is 1. The second-order valence-electron chi connectivity index (χ2n) is 5.99. The molecule has 0 saturated carbocycles. The van der Waals surface area contributed by atoms with Gasteiger partial charge in [-0.25, -0.2) is 9.97 Å². The molecule has 3 aromatic rings. The summed E-state index contributed by atoms with van der Waals surface area (Å²) in [6.45, 7) is 3.09. The summed E-state index contributed by atoms with van der Waals surface area (Å²) < 4.78 is 11.0. The van der Waals surface area contributed by atoms with Crippen molar-refractivity contribution in [3.8, 4) is 11.5 Å². The third-order valence-corrected chi connectivity index (χ3v) is 4.35. The number of halogens is 1. The maximum atomic E-state index is 11.2. The number of benzene rings is 2. The summed E-state index contributed by atoms with van der Waals surface area (Å²) in [6, 6.07) is 8.49. The molecule has 146 valence electrons. The minimum Gasteiger partial charge on any atom is -0.493 e. The van der Waals surface area contributed by atoms with Crippen molar-refractivity contribution in [1.82, 2.24) is 9.97 Å². The Balaban J connectivity index is 1.85. The van der Waals surface area contributed by atoms with Crippen LogP contribution in [-0.4, -0.2) is 28.6 Å². The Labute approximate surface area is 166 Å². The van der Waals surface area contributed by atoms with Crippen molar-refractivity contribution in [1.29, 1.82) is 0 Å². The van der Waals surface area contributed by atoms with Gasteiger partial charge >= 0.3 is 0 Å². The van der Waals surface area contributed by atoms with Crippen LogP contribution in [0, 0.1) is 10.1 Å². The van der Waals surface area contributed by atoms with E-state index in [1.54, 1.807) is 7.11 Å². The number of hydrogen-bond acceptors (Lipinski definition) is 7. The number of methoxy groups -OCH3 is 1. The lowest BCUT2D eigenvalue weighted by molar-refractivity contribution is -0.384. The fraction of sp³-hybridized carbons (Fsp3) is 0.263. The molecule has 2 aromatic carbocycles. The summed E-state index contributed by atoms with van der Waals surface area (Å²) in [7, 11) is 1.59. The number of rotatable bonds is 8. The Bertz CT molecular complexity index is 1010. The van der Waals surface area contributed by atoms with E-state index in [4.69, 9.17) is 21.1 Å². The largest absolute Gasteiger partial charge is 0.493 e. The van der Waals surface area contributed by atoms with E-state index in [1.165, 1.54) is 18.5 Å². The van der Waals surface area contributed by atoms with Crippen LogP contribution in [0.25, 0.3) is 10.9 Å². The Morgan fingerprint density at radius 2 is 2.04 bits per heavy atom. The first-order valence-corrected chi connectivity index (χ1v) is 9.03. The molecule has 1 N–H and O–H groups in total. The van der Waals surface area contributed by atoms with Gasteiger partial charge in [0.1, 0.15) is 17.2 Å². The first-order valence-electron chi connectivity index (χ1n) is 8.65. The van der Waals surface area contributed by atoms with Gasteiger partial charge in [0.05, 0.1) is 24.2 Å². The van der Waals surface area contributed by atoms with Gasteiger partial charge in [-0.15, -0.1) is 0 Å². The van der Waals surface area contributed by atoms with Crippen LogP contribution in [0.2, 0.25) is 5.02 Å². The number of fused-ring (bicyclic) bond motifs is 1. The molecule has 0 radical (unpaired) electrons. The fourth-order valence-electron chi connectivity index (χ4n) is 2.69. The number of anilines is 1. The van der Waals surface area contributed by atoms with Crippen LogP contribution in [0.1, 0.15) is 18.9 Å². The molecule has 0 atom stereocenters. The topological polar surface area (TPSA) is 99.4 Å². The first-order chi connectivity index (χ1) is 13.5.